The molecule has 1 saturated carbocycles. The molecular weight excluding hydrogens is 458 g/mol. The highest BCUT2D eigenvalue weighted by Gasteiger charge is 2.41. The van der Waals surface area contributed by atoms with Gasteiger partial charge in [-0.25, -0.2) is 14.4 Å². The average Bonchev–Trinajstić information content (AvgIpc) is 3.36. The lowest BCUT2D eigenvalue weighted by Crippen LogP contribution is -2.55. The fraction of sp³-hybridized carbons (Fsp3) is 0.739. The highest BCUT2D eigenvalue weighted by Crippen LogP contribution is 2.39. The summed E-state index contributed by atoms with van der Waals surface area (Å²) in [6, 6.07) is 0. The van der Waals surface area contributed by atoms with E-state index >= 15 is 0 Å². The molecule has 3 aliphatic heterocycles. The summed E-state index contributed by atoms with van der Waals surface area (Å²) in [6.07, 6.45) is 9.83. The van der Waals surface area contributed by atoms with Gasteiger partial charge in [-0.1, -0.05) is 41.3 Å². The van der Waals surface area contributed by atoms with Crippen LogP contribution in [0.2, 0.25) is 0 Å². The van der Waals surface area contributed by atoms with Crippen LogP contribution in [0.5, 0.6) is 0 Å². The Balaban J connectivity index is 0.000000219. The highest BCUT2D eigenvalue weighted by atomic mass is 32.1. The molecule has 4 aliphatic rings. The van der Waals surface area contributed by atoms with Crippen LogP contribution in [-0.4, -0.2) is 65.5 Å². The van der Waals surface area contributed by atoms with E-state index < -0.39 is 5.41 Å². The Morgan fingerprint density at radius 2 is 2.06 bits per heavy atom. The van der Waals surface area contributed by atoms with Gasteiger partial charge in [0.05, 0.1) is 31.7 Å². The van der Waals surface area contributed by atoms with Crippen molar-refractivity contribution in [3.05, 3.63) is 10.6 Å². The molecule has 0 spiro atoms. The summed E-state index contributed by atoms with van der Waals surface area (Å²) >= 11 is 1.78. The van der Waals surface area contributed by atoms with E-state index in [1.165, 1.54) is 55.6 Å². The molecule has 1 saturated heterocycles. The third kappa shape index (κ3) is 7.03. The minimum Gasteiger partial charge on any atom is -0.369 e. The molecule has 1 aromatic rings. The molecule has 10 heteroatoms. The van der Waals surface area contributed by atoms with E-state index in [1.54, 1.807) is 11.3 Å². The molecule has 7 nitrogen and oxygen atoms in total. The van der Waals surface area contributed by atoms with Crippen LogP contribution in [0.15, 0.2) is 9.98 Å². The maximum atomic E-state index is 13.7. The van der Waals surface area contributed by atoms with Gasteiger partial charge < -0.3 is 10.6 Å². The van der Waals surface area contributed by atoms with Crippen LogP contribution in [0.25, 0.3) is 0 Å². The lowest BCUT2D eigenvalue weighted by molar-refractivity contribution is -0.116. The third-order valence-electron chi connectivity index (χ3n) is 6.69. The van der Waals surface area contributed by atoms with Gasteiger partial charge in [0.15, 0.2) is 10.5 Å². The van der Waals surface area contributed by atoms with Crippen LogP contribution < -0.4 is 10.6 Å². The monoisotopic (exact) mass is 494 g/mol. The second-order valence-electron chi connectivity index (χ2n) is 9.80. The number of anilines is 1. The molecule has 1 unspecified atom stereocenters. The molecule has 33 heavy (non-hydrogen) atoms. The van der Waals surface area contributed by atoms with E-state index in [0.29, 0.717) is 25.5 Å². The quantitative estimate of drug-likeness (QED) is 0.613. The number of aromatic nitrogens is 1. The summed E-state index contributed by atoms with van der Waals surface area (Å²) in [5.41, 5.74) is 7.12. The topological polar surface area (TPSA) is 87.2 Å². The van der Waals surface area contributed by atoms with E-state index in [2.05, 4.69) is 29.0 Å². The predicted molar refractivity (Wildman–Crippen MR) is 137 cm³/mol. The van der Waals surface area contributed by atoms with Gasteiger partial charge >= 0.3 is 0 Å². The molecule has 2 fully saturated rings. The standard InChI is InChI=1S/C17H27FN3PS.C6H9N3O/c18-17(22)11-21(12-17)16-19-14-10-20(9-7-15(14)23-16)8-6-13-4-2-1-3-5-13;1-4-3-8-6(9-4)2-5(7)10/h13H,1-12,22H2;2-3H2,1H3,(H2,7,10). The molecular formula is C23H36FN6OPS. The van der Waals surface area contributed by atoms with Crippen molar-refractivity contribution in [3.63, 3.8) is 0 Å². The molecule has 182 valence electrons. The zero-order chi connectivity index (χ0) is 23.4. The van der Waals surface area contributed by atoms with E-state index in [9.17, 15) is 9.18 Å². The molecule has 0 aromatic carbocycles. The Bertz CT molecular complexity index is 903. The summed E-state index contributed by atoms with van der Waals surface area (Å²) in [5.74, 6) is 1.14. The summed E-state index contributed by atoms with van der Waals surface area (Å²) in [7, 11) is 2.31. The molecule has 1 atom stereocenters. The lowest BCUT2D eigenvalue weighted by atomic mass is 9.87. The minimum absolute atomic E-state index is 0.164. The Hall–Kier alpha value is -1.44. The Labute approximate surface area is 202 Å². The third-order valence-corrected chi connectivity index (χ3v) is 8.28. The summed E-state index contributed by atoms with van der Waals surface area (Å²) < 4.78 is 13.7. The van der Waals surface area contributed by atoms with Gasteiger partial charge in [0, 0.05) is 23.7 Å². The number of rotatable bonds is 6. The zero-order valence-electron chi connectivity index (χ0n) is 19.6. The van der Waals surface area contributed by atoms with Crippen molar-refractivity contribution in [2.24, 2.45) is 21.6 Å². The lowest BCUT2D eigenvalue weighted by Gasteiger charge is -2.41. The van der Waals surface area contributed by atoms with Crippen molar-refractivity contribution >= 4 is 43.2 Å². The molecule has 2 N–H and O–H groups in total. The van der Waals surface area contributed by atoms with E-state index in [-0.39, 0.29) is 12.3 Å². The van der Waals surface area contributed by atoms with E-state index in [4.69, 9.17) is 10.7 Å². The van der Waals surface area contributed by atoms with Gasteiger partial charge in [0.2, 0.25) is 5.91 Å². The van der Waals surface area contributed by atoms with Crippen LogP contribution in [0.3, 0.4) is 0 Å². The van der Waals surface area contributed by atoms with Gasteiger partial charge in [-0.15, -0.1) is 11.3 Å². The predicted octanol–water partition coefficient (Wildman–Crippen LogP) is 3.57. The number of amidine groups is 1. The van der Waals surface area contributed by atoms with E-state index in [1.807, 2.05) is 6.92 Å². The first kappa shape index (κ1) is 24.7. The number of carbonyl (C=O) groups is 1. The normalized spacial score (nSPS) is 22.6. The fourth-order valence-corrected chi connectivity index (χ4v) is 6.37. The second kappa shape index (κ2) is 10.9. The number of alkyl halides is 1. The second-order valence-corrected chi connectivity index (χ2v) is 11.9. The van der Waals surface area contributed by atoms with Crippen LogP contribution in [0.4, 0.5) is 9.52 Å². The summed E-state index contributed by atoms with van der Waals surface area (Å²) in [5, 5.41) is -0.0714. The fourth-order valence-electron chi connectivity index (χ4n) is 4.88. The Morgan fingerprint density at radius 3 is 2.70 bits per heavy atom. The van der Waals surface area contributed by atoms with Crippen molar-refractivity contribution in [1.82, 2.24) is 9.88 Å². The molecule has 0 bridgehead atoms. The SMILES string of the molecule is CC1=NC(CC(N)=O)=NC1.FC1(P)CN(c2nc3c(s2)CCN(CCC2CCCCC2)C3)C1. The van der Waals surface area contributed by atoms with Crippen LogP contribution >= 0.6 is 20.6 Å². The number of amides is 1. The van der Waals surface area contributed by atoms with Gasteiger partial charge in [0.1, 0.15) is 5.84 Å². The maximum Gasteiger partial charge on any atom is 0.225 e. The van der Waals surface area contributed by atoms with Crippen molar-refractivity contribution in [3.8, 4) is 0 Å². The number of nitrogens with zero attached hydrogens (tertiary/aromatic N) is 5. The number of hydrogen-bond acceptors (Lipinski definition) is 7. The van der Waals surface area contributed by atoms with Gasteiger partial charge in [-0.2, -0.15) is 0 Å². The zero-order valence-corrected chi connectivity index (χ0v) is 21.5. The Morgan fingerprint density at radius 1 is 1.30 bits per heavy atom. The number of fused-ring (bicyclic) bond motifs is 1. The maximum absolute atomic E-state index is 13.7. The number of halogens is 1. The van der Waals surface area contributed by atoms with E-state index in [0.717, 1.165) is 36.3 Å². The summed E-state index contributed by atoms with van der Waals surface area (Å²) in [6.45, 7) is 6.80. The molecule has 1 amide bonds. The van der Waals surface area contributed by atoms with Crippen molar-refractivity contribution in [2.75, 3.05) is 37.6 Å². The first-order chi connectivity index (χ1) is 15.8. The molecule has 0 radical (unpaired) electrons. The Kier molecular flexibility index (Phi) is 8.13. The molecule has 1 aromatic heterocycles. The van der Waals surface area contributed by atoms with Crippen LogP contribution in [0, 0.1) is 5.92 Å². The number of aliphatic imine (C=N–C) groups is 2. The molecule has 4 heterocycles. The van der Waals surface area contributed by atoms with Crippen molar-refractivity contribution in [1.29, 1.82) is 0 Å². The first-order valence-corrected chi connectivity index (χ1v) is 13.5. The van der Waals surface area contributed by atoms with Gasteiger partial charge in [0.25, 0.3) is 0 Å². The molecule has 5 rings (SSSR count). The number of nitrogens with two attached hydrogens (primary N) is 1. The number of carbonyl (C=O) groups excluding carboxylic acids is 1. The smallest absolute Gasteiger partial charge is 0.225 e. The van der Waals surface area contributed by atoms with Crippen molar-refractivity contribution in [2.45, 2.75) is 70.2 Å². The van der Waals surface area contributed by atoms with Crippen LogP contribution in [0.1, 0.15) is 62.4 Å². The first-order valence-electron chi connectivity index (χ1n) is 12.1. The van der Waals surface area contributed by atoms with Gasteiger partial charge in [-0.3, -0.25) is 14.7 Å². The summed E-state index contributed by atoms with van der Waals surface area (Å²) in [4.78, 5) is 29.2. The van der Waals surface area contributed by atoms with Crippen molar-refractivity contribution < 1.29 is 9.18 Å². The van der Waals surface area contributed by atoms with Gasteiger partial charge in [-0.05, 0) is 32.2 Å². The minimum atomic E-state index is -1.10. The number of thiazole rings is 1. The number of hydrogen-bond donors (Lipinski definition) is 1. The molecule has 1 aliphatic carbocycles. The largest absolute Gasteiger partial charge is 0.369 e. The highest BCUT2D eigenvalue weighted by molar-refractivity contribution is 7.19. The van der Waals surface area contributed by atoms with Crippen LogP contribution in [-0.2, 0) is 17.8 Å². The average molecular weight is 495 g/mol. The number of primary amides is 1.